The van der Waals surface area contributed by atoms with Gasteiger partial charge in [0.1, 0.15) is 11.5 Å². The molecule has 0 aliphatic carbocycles. The maximum Gasteiger partial charge on any atom is 0.137 e. The molecule has 1 saturated heterocycles. The van der Waals surface area contributed by atoms with E-state index in [1.165, 1.54) is 11.1 Å². The average molecular weight is 370 g/mol. The number of hydrogen-bond acceptors (Lipinski definition) is 5. The van der Waals surface area contributed by atoms with E-state index in [0.29, 0.717) is 0 Å². The van der Waals surface area contributed by atoms with E-state index >= 15 is 0 Å². The molecule has 2 aromatic heterocycles. The van der Waals surface area contributed by atoms with Gasteiger partial charge in [-0.25, -0.2) is 9.97 Å². The maximum absolute atomic E-state index is 5.53. The van der Waals surface area contributed by atoms with E-state index in [9.17, 15) is 0 Å². The molecule has 1 aliphatic rings. The summed E-state index contributed by atoms with van der Waals surface area (Å²) in [4.78, 5) is 16.8. The lowest BCUT2D eigenvalue weighted by Gasteiger charge is -2.29. The van der Waals surface area contributed by atoms with Crippen LogP contribution in [0.25, 0.3) is 33.2 Å². The van der Waals surface area contributed by atoms with Gasteiger partial charge in [-0.05, 0) is 48.6 Å². The summed E-state index contributed by atoms with van der Waals surface area (Å²) in [5, 5.41) is 2.32. The van der Waals surface area contributed by atoms with E-state index in [0.717, 1.165) is 65.3 Å². The highest BCUT2D eigenvalue weighted by molar-refractivity contribution is 5.95. The second-order valence-electron chi connectivity index (χ2n) is 7.33. The summed E-state index contributed by atoms with van der Waals surface area (Å²) >= 11 is 0. The van der Waals surface area contributed by atoms with Gasteiger partial charge in [0.15, 0.2) is 0 Å². The van der Waals surface area contributed by atoms with Crippen molar-refractivity contribution in [3.63, 3.8) is 0 Å². The molecule has 0 N–H and O–H groups in total. The summed E-state index contributed by atoms with van der Waals surface area (Å²) in [6.45, 7) is 7.37. The fourth-order valence-corrected chi connectivity index (χ4v) is 3.72. The molecule has 5 rings (SSSR count). The van der Waals surface area contributed by atoms with Crippen LogP contribution in [-0.4, -0.2) is 41.3 Å². The predicted molar refractivity (Wildman–Crippen MR) is 113 cm³/mol. The zero-order valence-corrected chi connectivity index (χ0v) is 16.1. The van der Waals surface area contributed by atoms with Crippen molar-refractivity contribution in [1.29, 1.82) is 0 Å². The van der Waals surface area contributed by atoms with Crippen LogP contribution in [0, 0.1) is 13.8 Å². The van der Waals surface area contributed by atoms with Crippen molar-refractivity contribution in [2.24, 2.45) is 0 Å². The van der Waals surface area contributed by atoms with E-state index in [1.54, 1.807) is 0 Å². The van der Waals surface area contributed by atoms with Crippen LogP contribution in [-0.2, 0) is 4.74 Å². The average Bonchev–Trinajstić information content (AvgIpc) is 2.74. The molecular weight excluding hydrogens is 348 g/mol. The number of pyridine rings is 1. The van der Waals surface area contributed by atoms with Crippen molar-refractivity contribution in [1.82, 2.24) is 15.0 Å². The van der Waals surface area contributed by atoms with Crippen LogP contribution < -0.4 is 4.90 Å². The number of nitrogens with zero attached hydrogens (tertiary/aromatic N) is 4. The normalized spacial score (nSPS) is 14.7. The first-order valence-corrected chi connectivity index (χ1v) is 9.66. The smallest absolute Gasteiger partial charge is 0.137 e. The molecular formula is C23H22N4O. The summed E-state index contributed by atoms with van der Waals surface area (Å²) in [5.74, 6) is 0.999. The van der Waals surface area contributed by atoms with Crippen molar-refractivity contribution in [3.05, 3.63) is 59.8 Å². The highest BCUT2D eigenvalue weighted by Crippen LogP contribution is 2.30. The first-order valence-electron chi connectivity index (χ1n) is 9.66. The molecule has 2 aromatic carbocycles. The van der Waals surface area contributed by atoms with Crippen molar-refractivity contribution in [2.75, 3.05) is 31.2 Å². The largest absolute Gasteiger partial charge is 0.378 e. The van der Waals surface area contributed by atoms with Gasteiger partial charge in [-0.15, -0.1) is 0 Å². The van der Waals surface area contributed by atoms with Crippen LogP contribution in [0.5, 0.6) is 0 Å². The third-order valence-electron chi connectivity index (χ3n) is 5.45. The Morgan fingerprint density at radius 1 is 0.857 bits per heavy atom. The molecule has 5 heteroatoms. The van der Waals surface area contributed by atoms with Gasteiger partial charge in [-0.1, -0.05) is 24.3 Å². The fraction of sp³-hybridized carbons (Fsp3) is 0.261. The lowest BCUT2D eigenvalue weighted by Crippen LogP contribution is -2.36. The fourth-order valence-electron chi connectivity index (χ4n) is 3.72. The van der Waals surface area contributed by atoms with Crippen LogP contribution in [0.2, 0.25) is 0 Å². The highest BCUT2D eigenvalue weighted by atomic mass is 16.5. The van der Waals surface area contributed by atoms with Gasteiger partial charge in [0.05, 0.1) is 36.1 Å². The molecule has 1 fully saturated rings. The van der Waals surface area contributed by atoms with Gasteiger partial charge >= 0.3 is 0 Å². The standard InChI is InChI=1S/C23H22N4O/c1-15-11-19-20(12-16(15)2)25-22(14-24-19)21-13-17-5-3-4-6-18(17)23(26-21)27-7-9-28-10-8-27/h3-6,11-14H,7-10H2,1-2H3. The van der Waals surface area contributed by atoms with Gasteiger partial charge in [-0.3, -0.25) is 4.98 Å². The summed E-state index contributed by atoms with van der Waals surface area (Å²) < 4.78 is 5.53. The summed E-state index contributed by atoms with van der Waals surface area (Å²) in [6, 6.07) is 14.7. The lowest BCUT2D eigenvalue weighted by atomic mass is 10.1. The topological polar surface area (TPSA) is 51.1 Å². The Hall–Kier alpha value is -3.05. The summed E-state index contributed by atoms with van der Waals surface area (Å²) in [5.41, 5.74) is 5.93. The number of hydrogen-bond donors (Lipinski definition) is 0. The van der Waals surface area contributed by atoms with E-state index < -0.39 is 0 Å². The van der Waals surface area contributed by atoms with E-state index in [4.69, 9.17) is 14.7 Å². The Balaban J connectivity index is 1.68. The highest BCUT2D eigenvalue weighted by Gasteiger charge is 2.17. The number of ether oxygens (including phenoxy) is 1. The third kappa shape index (κ3) is 2.98. The minimum absolute atomic E-state index is 0.731. The molecule has 0 saturated carbocycles. The third-order valence-corrected chi connectivity index (χ3v) is 5.45. The van der Waals surface area contributed by atoms with E-state index in [2.05, 4.69) is 66.2 Å². The van der Waals surface area contributed by atoms with Crippen molar-refractivity contribution >= 4 is 27.6 Å². The lowest BCUT2D eigenvalue weighted by molar-refractivity contribution is 0.122. The van der Waals surface area contributed by atoms with Gasteiger partial charge < -0.3 is 9.64 Å². The van der Waals surface area contributed by atoms with Gasteiger partial charge in [-0.2, -0.15) is 0 Å². The molecule has 0 atom stereocenters. The van der Waals surface area contributed by atoms with Gasteiger partial charge in [0.25, 0.3) is 0 Å². The van der Waals surface area contributed by atoms with Crippen molar-refractivity contribution < 1.29 is 4.74 Å². The minimum atomic E-state index is 0.731. The number of aromatic nitrogens is 3. The van der Waals surface area contributed by atoms with Gasteiger partial charge in [0.2, 0.25) is 0 Å². The molecule has 1 aliphatic heterocycles. The molecule has 140 valence electrons. The minimum Gasteiger partial charge on any atom is -0.378 e. The van der Waals surface area contributed by atoms with Crippen molar-refractivity contribution in [2.45, 2.75) is 13.8 Å². The van der Waals surface area contributed by atoms with Crippen LogP contribution in [0.3, 0.4) is 0 Å². The molecule has 0 spiro atoms. The van der Waals surface area contributed by atoms with Crippen molar-refractivity contribution in [3.8, 4) is 11.4 Å². The summed E-state index contributed by atoms with van der Waals surface area (Å²) in [7, 11) is 0. The van der Waals surface area contributed by atoms with Crippen LogP contribution in [0.1, 0.15) is 11.1 Å². The number of benzene rings is 2. The number of aryl methyl sites for hydroxylation is 2. The van der Waals surface area contributed by atoms with E-state index in [1.807, 2.05) is 6.20 Å². The molecule has 5 nitrogen and oxygen atoms in total. The second kappa shape index (κ2) is 6.84. The Bertz CT molecular complexity index is 1180. The van der Waals surface area contributed by atoms with Crippen LogP contribution >= 0.6 is 0 Å². The van der Waals surface area contributed by atoms with E-state index in [-0.39, 0.29) is 0 Å². The second-order valence-corrected chi connectivity index (χ2v) is 7.33. The SMILES string of the molecule is Cc1cc2ncc(-c3cc4ccccc4c(N4CCOCC4)n3)nc2cc1C. The molecule has 0 radical (unpaired) electrons. The van der Waals surface area contributed by atoms with Gasteiger partial charge in [0, 0.05) is 18.5 Å². The predicted octanol–water partition coefficient (Wildman–Crippen LogP) is 4.30. The number of anilines is 1. The Kier molecular flexibility index (Phi) is 4.17. The zero-order chi connectivity index (χ0) is 19.1. The van der Waals surface area contributed by atoms with Crippen LogP contribution in [0.15, 0.2) is 48.7 Å². The monoisotopic (exact) mass is 370 g/mol. The molecule has 28 heavy (non-hydrogen) atoms. The summed E-state index contributed by atoms with van der Waals surface area (Å²) in [6.07, 6.45) is 1.83. The molecule has 0 unspecified atom stereocenters. The Labute approximate surface area is 164 Å². The number of rotatable bonds is 2. The number of fused-ring (bicyclic) bond motifs is 2. The molecule has 0 bridgehead atoms. The van der Waals surface area contributed by atoms with Crippen LogP contribution in [0.4, 0.5) is 5.82 Å². The first-order chi connectivity index (χ1) is 13.7. The zero-order valence-electron chi connectivity index (χ0n) is 16.1. The molecule has 3 heterocycles. The maximum atomic E-state index is 5.53. The Morgan fingerprint density at radius 2 is 1.61 bits per heavy atom. The quantitative estimate of drug-likeness (QED) is 0.527. The molecule has 0 amide bonds. The Morgan fingerprint density at radius 3 is 2.43 bits per heavy atom. The first kappa shape index (κ1) is 17.1. The molecule has 4 aromatic rings. The number of morpholine rings is 1.